The molecule has 5 heteroatoms. The number of carbonyl (C=O) groups is 2. The number of nitrogens with zero attached hydrogens (tertiary/aromatic N) is 2. The summed E-state index contributed by atoms with van der Waals surface area (Å²) in [6, 6.07) is 14.0. The summed E-state index contributed by atoms with van der Waals surface area (Å²) in [7, 11) is 0. The van der Waals surface area contributed by atoms with E-state index in [0.717, 1.165) is 35.6 Å². The smallest absolute Gasteiger partial charge is 0.226 e. The van der Waals surface area contributed by atoms with Crippen LogP contribution < -0.4 is 15.1 Å². The lowest BCUT2D eigenvalue weighted by Gasteiger charge is -2.23. The van der Waals surface area contributed by atoms with Gasteiger partial charge in [0.2, 0.25) is 11.8 Å². The highest BCUT2D eigenvalue weighted by Crippen LogP contribution is 2.24. The van der Waals surface area contributed by atoms with Crippen LogP contribution in [0, 0.1) is 13.8 Å². The third-order valence-corrected chi connectivity index (χ3v) is 5.08. The van der Waals surface area contributed by atoms with E-state index in [2.05, 4.69) is 28.4 Å². The zero-order valence-electron chi connectivity index (χ0n) is 17.0. The van der Waals surface area contributed by atoms with E-state index in [1.807, 2.05) is 38.1 Å². The molecule has 1 heterocycles. The number of hydrogen-bond acceptors (Lipinski definition) is 3. The second kappa shape index (κ2) is 8.91. The Labute approximate surface area is 167 Å². The van der Waals surface area contributed by atoms with Crippen LogP contribution in [-0.4, -0.2) is 31.4 Å². The summed E-state index contributed by atoms with van der Waals surface area (Å²) in [4.78, 5) is 28.5. The SMILES string of the molecule is CC(=O)N(CCC(=O)Nc1cc(C)cc(C)c1)c1ccc(N2CCCC2)cc1. The molecule has 2 amide bonds. The highest BCUT2D eigenvalue weighted by Gasteiger charge is 2.16. The van der Waals surface area contributed by atoms with Gasteiger partial charge in [0.25, 0.3) is 0 Å². The first kappa shape index (κ1) is 19.9. The Morgan fingerprint density at radius 2 is 1.61 bits per heavy atom. The molecule has 3 rings (SSSR count). The number of benzene rings is 2. The van der Waals surface area contributed by atoms with Gasteiger partial charge in [-0.1, -0.05) is 6.07 Å². The van der Waals surface area contributed by atoms with Gasteiger partial charge >= 0.3 is 0 Å². The summed E-state index contributed by atoms with van der Waals surface area (Å²) in [5.74, 6) is -0.155. The summed E-state index contributed by atoms with van der Waals surface area (Å²) >= 11 is 0. The minimum Gasteiger partial charge on any atom is -0.372 e. The normalized spacial score (nSPS) is 13.5. The maximum absolute atomic E-state index is 12.4. The minimum atomic E-state index is -0.0927. The Kier molecular flexibility index (Phi) is 6.34. The molecular formula is C23H29N3O2. The van der Waals surface area contributed by atoms with E-state index in [1.54, 1.807) is 4.90 Å². The van der Waals surface area contributed by atoms with Crippen molar-refractivity contribution in [3.8, 4) is 0 Å². The maximum Gasteiger partial charge on any atom is 0.226 e. The van der Waals surface area contributed by atoms with E-state index in [4.69, 9.17) is 0 Å². The molecule has 0 bridgehead atoms. The quantitative estimate of drug-likeness (QED) is 0.815. The van der Waals surface area contributed by atoms with Crippen molar-refractivity contribution in [1.82, 2.24) is 0 Å². The number of aryl methyl sites for hydroxylation is 2. The molecule has 0 radical (unpaired) electrons. The predicted octanol–water partition coefficient (Wildman–Crippen LogP) is 4.29. The van der Waals surface area contributed by atoms with Gasteiger partial charge in [-0.25, -0.2) is 0 Å². The Balaban J connectivity index is 1.61. The Hall–Kier alpha value is -2.82. The van der Waals surface area contributed by atoms with Crippen molar-refractivity contribution in [2.75, 3.05) is 34.8 Å². The molecule has 1 aliphatic heterocycles. The molecule has 0 saturated carbocycles. The van der Waals surface area contributed by atoms with Crippen molar-refractivity contribution in [2.24, 2.45) is 0 Å². The van der Waals surface area contributed by atoms with Crippen molar-refractivity contribution in [1.29, 1.82) is 0 Å². The number of rotatable bonds is 6. The summed E-state index contributed by atoms with van der Waals surface area (Å²) < 4.78 is 0. The molecule has 1 N–H and O–H groups in total. The van der Waals surface area contributed by atoms with E-state index in [9.17, 15) is 9.59 Å². The molecule has 148 valence electrons. The lowest BCUT2D eigenvalue weighted by molar-refractivity contribution is -0.117. The number of anilines is 3. The largest absolute Gasteiger partial charge is 0.372 e. The van der Waals surface area contributed by atoms with Crippen molar-refractivity contribution >= 4 is 28.9 Å². The second-order valence-electron chi connectivity index (χ2n) is 7.56. The molecule has 5 nitrogen and oxygen atoms in total. The highest BCUT2D eigenvalue weighted by atomic mass is 16.2. The van der Waals surface area contributed by atoms with Gasteiger partial charge in [0, 0.05) is 50.0 Å². The Bertz CT molecular complexity index is 819. The maximum atomic E-state index is 12.4. The third kappa shape index (κ3) is 5.12. The summed E-state index contributed by atoms with van der Waals surface area (Å²) in [5.41, 5.74) is 5.04. The standard InChI is InChI=1S/C23H29N3O2/c1-17-14-18(2)16-20(15-17)24-23(28)10-13-26(19(3)27)22-8-6-21(7-9-22)25-11-4-5-12-25/h6-9,14-16H,4-5,10-13H2,1-3H3,(H,24,28). The van der Waals surface area contributed by atoms with Gasteiger partial charge in [0.1, 0.15) is 0 Å². The van der Waals surface area contributed by atoms with E-state index in [1.165, 1.54) is 25.5 Å². The van der Waals surface area contributed by atoms with Gasteiger partial charge in [-0.3, -0.25) is 9.59 Å². The topological polar surface area (TPSA) is 52.7 Å². The molecule has 0 aromatic heterocycles. The van der Waals surface area contributed by atoms with Gasteiger partial charge in [0.05, 0.1) is 0 Å². The fourth-order valence-corrected chi connectivity index (χ4v) is 3.77. The van der Waals surface area contributed by atoms with Crippen molar-refractivity contribution < 1.29 is 9.59 Å². The second-order valence-corrected chi connectivity index (χ2v) is 7.56. The van der Waals surface area contributed by atoms with Crippen LogP contribution in [0.3, 0.4) is 0 Å². The van der Waals surface area contributed by atoms with Crippen LogP contribution in [0.15, 0.2) is 42.5 Å². The van der Waals surface area contributed by atoms with Crippen molar-refractivity contribution in [2.45, 2.75) is 40.0 Å². The molecule has 0 aliphatic carbocycles. The molecule has 1 aliphatic rings. The molecular weight excluding hydrogens is 350 g/mol. The Morgan fingerprint density at radius 3 is 2.18 bits per heavy atom. The molecule has 0 unspecified atom stereocenters. The highest BCUT2D eigenvalue weighted by molar-refractivity contribution is 5.95. The average Bonchev–Trinajstić information content (AvgIpc) is 3.16. The number of amides is 2. The number of hydrogen-bond donors (Lipinski definition) is 1. The first-order valence-electron chi connectivity index (χ1n) is 9.93. The van der Waals surface area contributed by atoms with E-state index in [0.29, 0.717) is 6.54 Å². The van der Waals surface area contributed by atoms with Crippen LogP contribution in [0.2, 0.25) is 0 Å². The van der Waals surface area contributed by atoms with Gasteiger partial charge in [0.15, 0.2) is 0 Å². The van der Waals surface area contributed by atoms with Crippen LogP contribution >= 0.6 is 0 Å². The fourth-order valence-electron chi connectivity index (χ4n) is 3.77. The first-order valence-corrected chi connectivity index (χ1v) is 9.93. The third-order valence-electron chi connectivity index (χ3n) is 5.08. The molecule has 2 aromatic rings. The molecule has 28 heavy (non-hydrogen) atoms. The molecule has 1 fully saturated rings. The van der Waals surface area contributed by atoms with Gasteiger partial charge in [-0.15, -0.1) is 0 Å². The number of nitrogens with one attached hydrogen (secondary N) is 1. The zero-order valence-corrected chi connectivity index (χ0v) is 17.0. The number of carbonyl (C=O) groups excluding carboxylic acids is 2. The lowest BCUT2D eigenvalue weighted by atomic mass is 10.1. The van der Waals surface area contributed by atoms with Crippen molar-refractivity contribution in [3.05, 3.63) is 53.6 Å². The Morgan fingerprint density at radius 1 is 1.00 bits per heavy atom. The summed E-state index contributed by atoms with van der Waals surface area (Å²) in [6.07, 6.45) is 2.72. The van der Waals surface area contributed by atoms with Gasteiger partial charge in [-0.2, -0.15) is 0 Å². The van der Waals surface area contributed by atoms with Crippen LogP contribution in [0.1, 0.15) is 37.3 Å². The van der Waals surface area contributed by atoms with Crippen LogP contribution in [-0.2, 0) is 9.59 Å². The molecule has 0 spiro atoms. The zero-order chi connectivity index (χ0) is 20.1. The summed E-state index contributed by atoms with van der Waals surface area (Å²) in [6.45, 7) is 8.09. The van der Waals surface area contributed by atoms with Crippen LogP contribution in [0.25, 0.3) is 0 Å². The predicted molar refractivity (Wildman–Crippen MR) is 115 cm³/mol. The lowest BCUT2D eigenvalue weighted by Crippen LogP contribution is -2.32. The average molecular weight is 380 g/mol. The van der Waals surface area contributed by atoms with E-state index in [-0.39, 0.29) is 18.2 Å². The minimum absolute atomic E-state index is 0.0619. The molecule has 0 atom stereocenters. The van der Waals surface area contributed by atoms with Crippen LogP contribution in [0.5, 0.6) is 0 Å². The van der Waals surface area contributed by atoms with E-state index < -0.39 is 0 Å². The van der Waals surface area contributed by atoms with E-state index >= 15 is 0 Å². The van der Waals surface area contributed by atoms with Gasteiger partial charge < -0.3 is 15.1 Å². The first-order chi connectivity index (χ1) is 13.4. The van der Waals surface area contributed by atoms with Gasteiger partial charge in [-0.05, 0) is 74.2 Å². The van der Waals surface area contributed by atoms with Crippen LogP contribution in [0.4, 0.5) is 17.1 Å². The monoisotopic (exact) mass is 379 g/mol. The summed E-state index contributed by atoms with van der Waals surface area (Å²) in [5, 5.41) is 2.93. The molecule has 2 aromatic carbocycles. The van der Waals surface area contributed by atoms with Crippen molar-refractivity contribution in [3.63, 3.8) is 0 Å². The molecule has 1 saturated heterocycles. The fraction of sp³-hybridized carbons (Fsp3) is 0.391.